The fraction of sp³-hybridized carbons (Fsp3) is 0.714. The standard InChI is InChI=1S/C14H24N4O/c1-11-7-14(16-10-15-11)17(4)5-6-18-8-12(2)19-13(3)9-18/h7,10,12-13H,5-6,8-9H2,1-4H3/t12-,13+. The van der Waals surface area contributed by atoms with Crippen molar-refractivity contribution in [2.75, 3.05) is 38.1 Å². The maximum absolute atomic E-state index is 5.75. The maximum atomic E-state index is 5.75. The van der Waals surface area contributed by atoms with Gasteiger partial charge in [-0.3, -0.25) is 4.90 Å². The molecule has 5 heteroatoms. The molecule has 2 rings (SSSR count). The minimum Gasteiger partial charge on any atom is -0.373 e. The van der Waals surface area contributed by atoms with Gasteiger partial charge in [-0.05, 0) is 20.8 Å². The number of nitrogens with zero attached hydrogens (tertiary/aromatic N) is 4. The van der Waals surface area contributed by atoms with Gasteiger partial charge < -0.3 is 9.64 Å². The van der Waals surface area contributed by atoms with Crippen molar-refractivity contribution in [3.05, 3.63) is 18.1 Å². The summed E-state index contributed by atoms with van der Waals surface area (Å²) in [6.45, 7) is 10.3. The van der Waals surface area contributed by atoms with Crippen LogP contribution in [-0.4, -0.2) is 60.3 Å². The van der Waals surface area contributed by atoms with Crippen molar-refractivity contribution < 1.29 is 4.74 Å². The van der Waals surface area contributed by atoms with E-state index in [9.17, 15) is 0 Å². The summed E-state index contributed by atoms with van der Waals surface area (Å²) >= 11 is 0. The van der Waals surface area contributed by atoms with E-state index in [2.05, 4.69) is 40.7 Å². The highest BCUT2D eigenvalue weighted by Crippen LogP contribution is 2.12. The van der Waals surface area contributed by atoms with Crippen LogP contribution in [0, 0.1) is 6.92 Å². The molecular formula is C14H24N4O. The SMILES string of the molecule is Cc1cc(N(C)CCN2C[C@@H](C)O[C@@H](C)C2)ncn1. The molecule has 0 spiro atoms. The third-order valence-corrected chi connectivity index (χ3v) is 3.43. The molecule has 2 atom stereocenters. The van der Waals surface area contributed by atoms with Crippen molar-refractivity contribution in [1.82, 2.24) is 14.9 Å². The Morgan fingerprint density at radius 1 is 1.32 bits per heavy atom. The Balaban J connectivity index is 1.84. The lowest BCUT2D eigenvalue weighted by Crippen LogP contribution is -2.47. The Morgan fingerprint density at radius 3 is 2.63 bits per heavy atom. The molecule has 5 nitrogen and oxygen atoms in total. The number of hydrogen-bond donors (Lipinski definition) is 0. The van der Waals surface area contributed by atoms with Gasteiger partial charge in [0.2, 0.25) is 0 Å². The predicted octanol–water partition coefficient (Wildman–Crippen LogP) is 1.33. The summed E-state index contributed by atoms with van der Waals surface area (Å²) in [7, 11) is 2.08. The van der Waals surface area contributed by atoms with E-state index in [1.165, 1.54) is 0 Å². The number of aryl methyl sites for hydroxylation is 1. The fourth-order valence-corrected chi connectivity index (χ4v) is 2.52. The number of ether oxygens (including phenoxy) is 1. The summed E-state index contributed by atoms with van der Waals surface area (Å²) in [6.07, 6.45) is 2.28. The lowest BCUT2D eigenvalue weighted by Gasteiger charge is -2.36. The van der Waals surface area contributed by atoms with E-state index in [0.29, 0.717) is 12.2 Å². The second-order valence-corrected chi connectivity index (χ2v) is 5.46. The van der Waals surface area contributed by atoms with Gasteiger partial charge in [-0.1, -0.05) is 0 Å². The zero-order valence-electron chi connectivity index (χ0n) is 12.3. The van der Waals surface area contributed by atoms with Crippen LogP contribution in [0.25, 0.3) is 0 Å². The lowest BCUT2D eigenvalue weighted by atomic mass is 10.2. The topological polar surface area (TPSA) is 41.5 Å². The molecule has 2 heterocycles. The molecule has 0 saturated carbocycles. The molecule has 1 saturated heterocycles. The number of anilines is 1. The molecule has 0 aromatic carbocycles. The first-order chi connectivity index (χ1) is 9.04. The molecule has 0 amide bonds. The van der Waals surface area contributed by atoms with Crippen LogP contribution in [0.3, 0.4) is 0 Å². The Kier molecular flexibility index (Phi) is 4.71. The van der Waals surface area contributed by atoms with E-state index in [1.807, 2.05) is 13.0 Å². The second kappa shape index (κ2) is 6.30. The molecular weight excluding hydrogens is 240 g/mol. The van der Waals surface area contributed by atoms with Crippen molar-refractivity contribution >= 4 is 5.82 Å². The van der Waals surface area contributed by atoms with Crippen LogP contribution in [0.15, 0.2) is 12.4 Å². The minimum absolute atomic E-state index is 0.329. The second-order valence-electron chi connectivity index (χ2n) is 5.46. The molecule has 19 heavy (non-hydrogen) atoms. The zero-order chi connectivity index (χ0) is 13.8. The average molecular weight is 264 g/mol. The molecule has 0 radical (unpaired) electrons. The first-order valence-electron chi connectivity index (χ1n) is 6.92. The molecule has 1 aromatic rings. The highest BCUT2D eigenvalue weighted by molar-refractivity contribution is 5.37. The normalized spacial score (nSPS) is 24.4. The number of likely N-dealkylation sites (N-methyl/N-ethyl adjacent to an activating group) is 1. The third kappa shape index (κ3) is 4.14. The smallest absolute Gasteiger partial charge is 0.131 e. The van der Waals surface area contributed by atoms with Gasteiger partial charge in [0, 0.05) is 45.0 Å². The summed E-state index contributed by atoms with van der Waals surface area (Å²) in [5.74, 6) is 0.988. The van der Waals surface area contributed by atoms with Gasteiger partial charge >= 0.3 is 0 Å². The molecule has 1 fully saturated rings. The van der Waals surface area contributed by atoms with Crippen molar-refractivity contribution in [3.63, 3.8) is 0 Å². The van der Waals surface area contributed by atoms with E-state index in [0.717, 1.165) is 37.7 Å². The van der Waals surface area contributed by atoms with Crippen molar-refractivity contribution in [2.24, 2.45) is 0 Å². The zero-order valence-corrected chi connectivity index (χ0v) is 12.3. The lowest BCUT2D eigenvalue weighted by molar-refractivity contribution is -0.0670. The predicted molar refractivity (Wildman–Crippen MR) is 76.5 cm³/mol. The number of aromatic nitrogens is 2. The number of morpholine rings is 1. The first-order valence-corrected chi connectivity index (χ1v) is 6.92. The molecule has 0 N–H and O–H groups in total. The van der Waals surface area contributed by atoms with Crippen LogP contribution in [0.5, 0.6) is 0 Å². The largest absolute Gasteiger partial charge is 0.373 e. The Labute approximate surface area is 115 Å². The summed E-state index contributed by atoms with van der Waals surface area (Å²) < 4.78 is 5.75. The van der Waals surface area contributed by atoms with Crippen LogP contribution in [0.2, 0.25) is 0 Å². The van der Waals surface area contributed by atoms with Crippen molar-refractivity contribution in [1.29, 1.82) is 0 Å². The summed E-state index contributed by atoms with van der Waals surface area (Å²) in [4.78, 5) is 13.1. The number of rotatable bonds is 4. The summed E-state index contributed by atoms with van der Waals surface area (Å²) in [6, 6.07) is 2.02. The molecule has 1 aliphatic rings. The highest BCUT2D eigenvalue weighted by atomic mass is 16.5. The van der Waals surface area contributed by atoms with Gasteiger partial charge in [-0.25, -0.2) is 9.97 Å². The summed E-state index contributed by atoms with van der Waals surface area (Å²) in [5.41, 5.74) is 1.01. The van der Waals surface area contributed by atoms with Gasteiger partial charge in [0.25, 0.3) is 0 Å². The molecule has 0 bridgehead atoms. The van der Waals surface area contributed by atoms with E-state index >= 15 is 0 Å². The molecule has 1 aliphatic heterocycles. The summed E-state index contributed by atoms with van der Waals surface area (Å²) in [5, 5.41) is 0. The van der Waals surface area contributed by atoms with Crippen LogP contribution < -0.4 is 4.90 Å². The van der Waals surface area contributed by atoms with Crippen LogP contribution in [0.4, 0.5) is 5.82 Å². The Morgan fingerprint density at radius 2 is 2.00 bits per heavy atom. The quantitative estimate of drug-likeness (QED) is 0.820. The maximum Gasteiger partial charge on any atom is 0.131 e. The van der Waals surface area contributed by atoms with E-state index < -0.39 is 0 Å². The molecule has 0 aliphatic carbocycles. The van der Waals surface area contributed by atoms with E-state index in [1.54, 1.807) is 6.33 Å². The van der Waals surface area contributed by atoms with Crippen LogP contribution in [-0.2, 0) is 4.74 Å². The van der Waals surface area contributed by atoms with E-state index in [-0.39, 0.29) is 0 Å². The average Bonchev–Trinajstić information content (AvgIpc) is 2.35. The minimum atomic E-state index is 0.329. The van der Waals surface area contributed by atoms with Gasteiger partial charge in [0.05, 0.1) is 12.2 Å². The van der Waals surface area contributed by atoms with Crippen molar-refractivity contribution in [2.45, 2.75) is 33.0 Å². The van der Waals surface area contributed by atoms with Crippen molar-refractivity contribution in [3.8, 4) is 0 Å². The Bertz CT molecular complexity index is 402. The fourth-order valence-electron chi connectivity index (χ4n) is 2.52. The Hall–Kier alpha value is -1.20. The third-order valence-electron chi connectivity index (χ3n) is 3.43. The van der Waals surface area contributed by atoms with E-state index in [4.69, 9.17) is 4.74 Å². The first kappa shape index (κ1) is 14.2. The monoisotopic (exact) mass is 264 g/mol. The van der Waals surface area contributed by atoms with Gasteiger partial charge in [-0.15, -0.1) is 0 Å². The van der Waals surface area contributed by atoms with Crippen LogP contribution in [0.1, 0.15) is 19.5 Å². The van der Waals surface area contributed by atoms with Gasteiger partial charge in [0.1, 0.15) is 12.1 Å². The highest BCUT2D eigenvalue weighted by Gasteiger charge is 2.21. The molecule has 0 unspecified atom stereocenters. The van der Waals surface area contributed by atoms with Crippen LogP contribution >= 0.6 is 0 Å². The van der Waals surface area contributed by atoms with Gasteiger partial charge in [0.15, 0.2) is 0 Å². The van der Waals surface area contributed by atoms with Gasteiger partial charge in [-0.2, -0.15) is 0 Å². The molecule has 1 aromatic heterocycles. The number of hydrogen-bond acceptors (Lipinski definition) is 5. The molecule has 106 valence electrons.